The summed E-state index contributed by atoms with van der Waals surface area (Å²) in [4.78, 5) is 12.4. The van der Waals surface area contributed by atoms with E-state index in [0.29, 0.717) is 0 Å². The third-order valence-corrected chi connectivity index (χ3v) is 3.17. The average molecular weight is 231 g/mol. The minimum atomic E-state index is 0.876. The first-order valence-electron chi connectivity index (χ1n) is 6.03. The van der Waals surface area contributed by atoms with Gasteiger partial charge in [-0.1, -0.05) is 30.3 Å². The molecular weight excluding hydrogens is 214 g/mol. The van der Waals surface area contributed by atoms with Gasteiger partial charge in [0.15, 0.2) is 0 Å². The fourth-order valence-corrected chi connectivity index (χ4v) is 2.12. The van der Waals surface area contributed by atoms with E-state index in [1.54, 1.807) is 0 Å². The molecule has 0 radical (unpaired) electrons. The molecule has 4 nitrogen and oxygen atoms in total. The second-order valence-electron chi connectivity index (χ2n) is 4.33. The molecule has 1 aromatic rings. The van der Waals surface area contributed by atoms with Crippen LogP contribution < -0.4 is 0 Å². The molecule has 90 valence electrons. The van der Waals surface area contributed by atoms with Gasteiger partial charge in [0.05, 0.1) is 5.29 Å². The van der Waals surface area contributed by atoms with Gasteiger partial charge in [-0.2, -0.15) is 0 Å². The lowest BCUT2D eigenvalue weighted by atomic mass is 10.1. The van der Waals surface area contributed by atoms with Crippen LogP contribution in [0.5, 0.6) is 0 Å². The molecule has 0 saturated carbocycles. The SMILES string of the molecule is O=NN=C1CCN(CCc2ccccc2)CC1. The van der Waals surface area contributed by atoms with Crippen LogP contribution in [-0.2, 0) is 6.42 Å². The molecule has 0 unspecified atom stereocenters. The normalized spacial score (nSPS) is 16.8. The second kappa shape index (κ2) is 6.25. The Bertz CT molecular complexity index is 379. The standard InChI is InChI=1S/C13H17N3O/c17-15-14-13-7-10-16(11-8-13)9-6-12-4-2-1-3-5-12/h1-5H,6-11H2. The summed E-state index contributed by atoms with van der Waals surface area (Å²) < 4.78 is 0. The number of hydrogen-bond acceptors (Lipinski definition) is 3. The molecule has 1 aliphatic heterocycles. The van der Waals surface area contributed by atoms with Gasteiger partial charge in [-0.3, -0.25) is 0 Å². The van der Waals surface area contributed by atoms with E-state index in [1.807, 2.05) is 6.07 Å². The Hall–Kier alpha value is -1.55. The Labute approximate surface area is 101 Å². The van der Waals surface area contributed by atoms with E-state index in [1.165, 1.54) is 5.56 Å². The van der Waals surface area contributed by atoms with Crippen LogP contribution in [0.4, 0.5) is 0 Å². The van der Waals surface area contributed by atoms with Crippen LogP contribution in [0.2, 0.25) is 0 Å². The van der Waals surface area contributed by atoms with E-state index < -0.39 is 0 Å². The van der Waals surface area contributed by atoms with Crippen molar-refractivity contribution in [1.82, 2.24) is 4.90 Å². The fourth-order valence-electron chi connectivity index (χ4n) is 2.12. The summed E-state index contributed by atoms with van der Waals surface area (Å²) in [5.74, 6) is 0. The predicted molar refractivity (Wildman–Crippen MR) is 69.1 cm³/mol. The van der Waals surface area contributed by atoms with Crippen LogP contribution in [0, 0.1) is 4.91 Å². The first-order valence-corrected chi connectivity index (χ1v) is 6.03. The number of nitroso groups, excluding NO2 is 1. The van der Waals surface area contributed by atoms with E-state index in [4.69, 9.17) is 0 Å². The molecule has 0 bridgehead atoms. The van der Waals surface area contributed by atoms with Gasteiger partial charge in [-0.05, 0) is 12.0 Å². The van der Waals surface area contributed by atoms with E-state index in [0.717, 1.165) is 44.6 Å². The summed E-state index contributed by atoms with van der Waals surface area (Å²) in [6, 6.07) is 10.5. The van der Waals surface area contributed by atoms with Gasteiger partial charge in [0.25, 0.3) is 0 Å². The third kappa shape index (κ3) is 3.75. The highest BCUT2D eigenvalue weighted by molar-refractivity contribution is 5.85. The van der Waals surface area contributed by atoms with Crippen molar-refractivity contribution >= 4 is 5.71 Å². The van der Waals surface area contributed by atoms with E-state index in [-0.39, 0.29) is 0 Å². The molecule has 0 N–H and O–H groups in total. The molecule has 1 aliphatic rings. The maximum absolute atomic E-state index is 10.0. The van der Waals surface area contributed by atoms with Crippen LogP contribution in [0.15, 0.2) is 40.7 Å². The van der Waals surface area contributed by atoms with E-state index in [2.05, 4.69) is 39.6 Å². The second-order valence-corrected chi connectivity index (χ2v) is 4.33. The lowest BCUT2D eigenvalue weighted by Gasteiger charge is -2.26. The van der Waals surface area contributed by atoms with Crippen molar-refractivity contribution in [2.75, 3.05) is 19.6 Å². The number of likely N-dealkylation sites (tertiary alicyclic amines) is 1. The molecule has 1 saturated heterocycles. The lowest BCUT2D eigenvalue weighted by Crippen LogP contribution is -2.35. The van der Waals surface area contributed by atoms with Crippen molar-refractivity contribution in [3.8, 4) is 0 Å². The van der Waals surface area contributed by atoms with Gasteiger partial charge >= 0.3 is 0 Å². The number of benzene rings is 1. The Kier molecular flexibility index (Phi) is 4.38. The first-order chi connectivity index (χ1) is 8.38. The van der Waals surface area contributed by atoms with Crippen LogP contribution >= 0.6 is 0 Å². The highest BCUT2D eigenvalue weighted by atomic mass is 16.3. The topological polar surface area (TPSA) is 45.0 Å². The van der Waals surface area contributed by atoms with E-state index in [9.17, 15) is 4.91 Å². The number of nitrogens with zero attached hydrogens (tertiary/aromatic N) is 3. The van der Waals surface area contributed by atoms with Crippen LogP contribution in [0.3, 0.4) is 0 Å². The summed E-state index contributed by atoms with van der Waals surface area (Å²) >= 11 is 0. The Balaban J connectivity index is 1.75. The molecule has 0 atom stereocenters. The average Bonchev–Trinajstić information content (AvgIpc) is 2.40. The van der Waals surface area contributed by atoms with Crippen LogP contribution in [0.1, 0.15) is 18.4 Å². The molecule has 0 spiro atoms. The largest absolute Gasteiger partial charge is 0.302 e. The molecule has 2 rings (SSSR count). The Morgan fingerprint density at radius 2 is 1.82 bits per heavy atom. The maximum atomic E-state index is 10.0. The molecule has 0 aromatic heterocycles. The number of rotatable bonds is 4. The summed E-state index contributed by atoms with van der Waals surface area (Å²) in [5, 5.41) is 6.19. The van der Waals surface area contributed by atoms with Crippen molar-refractivity contribution in [3.05, 3.63) is 40.8 Å². The summed E-state index contributed by atoms with van der Waals surface area (Å²) in [6.45, 7) is 3.05. The predicted octanol–water partition coefficient (Wildman–Crippen LogP) is 2.45. The zero-order chi connectivity index (χ0) is 11.9. The number of hydrogen-bond donors (Lipinski definition) is 0. The first kappa shape index (κ1) is 11.9. The molecule has 1 aromatic carbocycles. The van der Waals surface area contributed by atoms with Crippen molar-refractivity contribution in [1.29, 1.82) is 0 Å². The lowest BCUT2D eigenvalue weighted by molar-refractivity contribution is 0.278. The highest BCUT2D eigenvalue weighted by Crippen LogP contribution is 2.09. The molecule has 1 fully saturated rings. The van der Waals surface area contributed by atoms with Crippen molar-refractivity contribution in [2.45, 2.75) is 19.3 Å². The third-order valence-electron chi connectivity index (χ3n) is 3.17. The van der Waals surface area contributed by atoms with Gasteiger partial charge in [0.2, 0.25) is 0 Å². The summed E-state index contributed by atoms with van der Waals surface area (Å²) in [6.07, 6.45) is 2.83. The molecule has 4 heteroatoms. The smallest absolute Gasteiger partial charge is 0.0797 e. The zero-order valence-corrected chi connectivity index (χ0v) is 9.88. The highest BCUT2D eigenvalue weighted by Gasteiger charge is 2.14. The molecule has 0 amide bonds. The van der Waals surface area contributed by atoms with Gasteiger partial charge in [-0.25, -0.2) is 0 Å². The minimum absolute atomic E-state index is 0.876. The minimum Gasteiger partial charge on any atom is -0.302 e. The summed E-state index contributed by atoms with van der Waals surface area (Å²) in [5.41, 5.74) is 2.32. The Morgan fingerprint density at radius 3 is 2.47 bits per heavy atom. The van der Waals surface area contributed by atoms with Crippen molar-refractivity contribution < 1.29 is 0 Å². The molecular formula is C13H17N3O. The van der Waals surface area contributed by atoms with E-state index >= 15 is 0 Å². The van der Waals surface area contributed by atoms with Gasteiger partial charge in [-0.15, -0.1) is 10.0 Å². The van der Waals surface area contributed by atoms with Crippen molar-refractivity contribution in [2.24, 2.45) is 10.4 Å². The monoisotopic (exact) mass is 231 g/mol. The summed E-state index contributed by atoms with van der Waals surface area (Å²) in [7, 11) is 0. The Morgan fingerprint density at radius 1 is 1.12 bits per heavy atom. The fraction of sp³-hybridized carbons (Fsp3) is 0.462. The zero-order valence-electron chi connectivity index (χ0n) is 9.88. The van der Waals surface area contributed by atoms with Crippen LogP contribution in [0.25, 0.3) is 0 Å². The van der Waals surface area contributed by atoms with Gasteiger partial charge < -0.3 is 4.90 Å². The maximum Gasteiger partial charge on any atom is 0.0797 e. The van der Waals surface area contributed by atoms with Crippen LogP contribution in [-0.4, -0.2) is 30.2 Å². The molecule has 1 heterocycles. The van der Waals surface area contributed by atoms with Gasteiger partial charge in [0.1, 0.15) is 0 Å². The molecule has 17 heavy (non-hydrogen) atoms. The van der Waals surface area contributed by atoms with Gasteiger partial charge in [0, 0.05) is 38.2 Å². The molecule has 0 aliphatic carbocycles. The van der Waals surface area contributed by atoms with Crippen molar-refractivity contribution in [3.63, 3.8) is 0 Å². The quantitative estimate of drug-likeness (QED) is 0.590. The number of piperidine rings is 1.